The summed E-state index contributed by atoms with van der Waals surface area (Å²) in [4.78, 5) is 0. The van der Waals surface area contributed by atoms with Crippen molar-refractivity contribution in [3.8, 4) is 11.8 Å². The molecule has 0 spiro atoms. The van der Waals surface area contributed by atoms with Gasteiger partial charge in [0, 0.05) is 18.7 Å². The van der Waals surface area contributed by atoms with Gasteiger partial charge in [-0.25, -0.2) is 0 Å². The first-order chi connectivity index (χ1) is 6.45. The van der Waals surface area contributed by atoms with E-state index >= 15 is 0 Å². The number of aryl methyl sites for hydroxylation is 1. The molecule has 3 heteroatoms. The molecule has 0 aromatic carbocycles. The Bertz CT molecular complexity index is 374. The van der Waals surface area contributed by atoms with Crippen molar-refractivity contribution in [1.29, 1.82) is 0 Å². The van der Waals surface area contributed by atoms with E-state index in [1.54, 1.807) is 4.68 Å². The van der Waals surface area contributed by atoms with Gasteiger partial charge in [0.25, 0.3) is 0 Å². The zero-order valence-electron chi connectivity index (χ0n) is 9.06. The molecule has 0 bridgehead atoms. The number of hydrogen-bond donors (Lipinski definition) is 0. The van der Waals surface area contributed by atoms with Crippen LogP contribution in [0.1, 0.15) is 32.0 Å². The fourth-order valence-corrected chi connectivity index (χ4v) is 1.33. The maximum absolute atomic E-state index is 5.52. The third-order valence-corrected chi connectivity index (χ3v) is 1.96. The summed E-state index contributed by atoms with van der Waals surface area (Å²) >= 11 is 5.52. The van der Waals surface area contributed by atoms with Gasteiger partial charge in [0.2, 0.25) is 0 Å². The molecular formula is C11H15ClN2. The summed E-state index contributed by atoms with van der Waals surface area (Å²) in [7, 11) is 1.90. The van der Waals surface area contributed by atoms with E-state index in [-0.39, 0.29) is 5.41 Å². The smallest absolute Gasteiger partial charge is 0.0839 e. The summed E-state index contributed by atoms with van der Waals surface area (Å²) < 4.78 is 1.79. The monoisotopic (exact) mass is 210 g/mol. The second-order valence-corrected chi connectivity index (χ2v) is 4.52. The molecule has 76 valence electrons. The number of alkyl halides is 1. The van der Waals surface area contributed by atoms with E-state index in [0.717, 1.165) is 11.3 Å². The van der Waals surface area contributed by atoms with Gasteiger partial charge in [-0.3, -0.25) is 4.68 Å². The highest BCUT2D eigenvalue weighted by atomic mass is 35.5. The summed E-state index contributed by atoms with van der Waals surface area (Å²) in [5.41, 5.74) is 2.02. The van der Waals surface area contributed by atoms with Gasteiger partial charge in [0.15, 0.2) is 0 Å². The highest BCUT2D eigenvalue weighted by Crippen LogP contribution is 2.23. The topological polar surface area (TPSA) is 17.8 Å². The highest BCUT2D eigenvalue weighted by molar-refractivity contribution is 6.19. The second kappa shape index (κ2) is 4.06. The number of nitrogens with zero attached hydrogens (tertiary/aromatic N) is 2. The average Bonchev–Trinajstić information content (AvgIpc) is 2.42. The van der Waals surface area contributed by atoms with Crippen LogP contribution in [0.3, 0.4) is 0 Å². The summed E-state index contributed by atoms with van der Waals surface area (Å²) in [6, 6.07) is 0. The molecule has 1 aromatic heterocycles. The molecule has 2 nitrogen and oxygen atoms in total. The molecule has 0 atom stereocenters. The van der Waals surface area contributed by atoms with E-state index in [0.29, 0.717) is 5.88 Å². The normalized spacial score (nSPS) is 10.9. The van der Waals surface area contributed by atoms with Gasteiger partial charge >= 0.3 is 0 Å². The summed E-state index contributed by atoms with van der Waals surface area (Å²) in [5.74, 6) is 6.24. The van der Waals surface area contributed by atoms with Crippen LogP contribution in [-0.2, 0) is 12.5 Å². The SMILES string of the molecule is Cn1cc(C#CCCl)c(C(C)(C)C)n1. The van der Waals surface area contributed by atoms with Crippen LogP contribution in [0, 0.1) is 11.8 Å². The fraction of sp³-hybridized carbons (Fsp3) is 0.545. The Labute approximate surface area is 90.3 Å². The van der Waals surface area contributed by atoms with Crippen LogP contribution in [0.15, 0.2) is 6.20 Å². The van der Waals surface area contributed by atoms with Gasteiger partial charge in [0.1, 0.15) is 0 Å². The molecule has 0 saturated heterocycles. The zero-order chi connectivity index (χ0) is 10.8. The van der Waals surface area contributed by atoms with Crippen LogP contribution in [0.5, 0.6) is 0 Å². The minimum Gasteiger partial charge on any atom is -0.274 e. The lowest BCUT2D eigenvalue weighted by molar-refractivity contribution is 0.552. The maximum atomic E-state index is 5.52. The van der Waals surface area contributed by atoms with Crippen LogP contribution in [0.25, 0.3) is 0 Å². The van der Waals surface area contributed by atoms with Gasteiger partial charge < -0.3 is 0 Å². The second-order valence-electron chi connectivity index (χ2n) is 4.25. The maximum Gasteiger partial charge on any atom is 0.0839 e. The lowest BCUT2D eigenvalue weighted by atomic mass is 9.90. The Kier molecular flexibility index (Phi) is 3.23. The molecule has 0 unspecified atom stereocenters. The lowest BCUT2D eigenvalue weighted by Crippen LogP contribution is -2.14. The Morgan fingerprint density at radius 1 is 1.50 bits per heavy atom. The molecule has 0 radical (unpaired) electrons. The van der Waals surface area contributed by atoms with Crippen molar-refractivity contribution in [1.82, 2.24) is 9.78 Å². The van der Waals surface area contributed by atoms with Crippen LogP contribution < -0.4 is 0 Å². The van der Waals surface area contributed by atoms with Gasteiger partial charge in [-0.1, -0.05) is 32.6 Å². The van der Waals surface area contributed by atoms with E-state index in [2.05, 4.69) is 37.7 Å². The summed E-state index contributed by atoms with van der Waals surface area (Å²) in [6.45, 7) is 6.38. The molecule has 0 aliphatic carbocycles. The molecule has 0 N–H and O–H groups in total. The van der Waals surface area contributed by atoms with Crippen molar-refractivity contribution in [3.05, 3.63) is 17.5 Å². The van der Waals surface area contributed by atoms with Crippen molar-refractivity contribution >= 4 is 11.6 Å². The molecular weight excluding hydrogens is 196 g/mol. The summed E-state index contributed by atoms with van der Waals surface area (Å²) in [6.07, 6.45) is 1.93. The van der Waals surface area contributed by atoms with Crippen LogP contribution in [-0.4, -0.2) is 15.7 Å². The average molecular weight is 211 g/mol. The van der Waals surface area contributed by atoms with Crippen molar-refractivity contribution in [3.63, 3.8) is 0 Å². The van der Waals surface area contributed by atoms with Crippen molar-refractivity contribution in [2.75, 3.05) is 5.88 Å². The predicted molar refractivity (Wildman–Crippen MR) is 59.5 cm³/mol. The molecule has 0 aliphatic heterocycles. The Balaban J connectivity index is 3.16. The lowest BCUT2D eigenvalue weighted by Gasteiger charge is -2.15. The van der Waals surface area contributed by atoms with Crippen LogP contribution in [0.4, 0.5) is 0 Å². The van der Waals surface area contributed by atoms with E-state index in [1.165, 1.54) is 0 Å². The minimum atomic E-state index is 0.0254. The molecule has 0 amide bonds. The molecule has 0 saturated carbocycles. The third-order valence-electron chi connectivity index (χ3n) is 1.83. The predicted octanol–water partition coefficient (Wildman–Crippen LogP) is 2.31. The van der Waals surface area contributed by atoms with Crippen molar-refractivity contribution in [2.45, 2.75) is 26.2 Å². The van der Waals surface area contributed by atoms with E-state index < -0.39 is 0 Å². The van der Waals surface area contributed by atoms with E-state index in [1.807, 2.05) is 13.2 Å². The minimum absolute atomic E-state index is 0.0254. The number of aromatic nitrogens is 2. The first-order valence-electron chi connectivity index (χ1n) is 4.54. The first-order valence-corrected chi connectivity index (χ1v) is 5.07. The van der Waals surface area contributed by atoms with Gasteiger partial charge in [-0.05, 0) is 0 Å². The molecule has 0 aliphatic rings. The molecule has 0 fully saturated rings. The molecule has 1 heterocycles. The van der Waals surface area contributed by atoms with Gasteiger partial charge in [-0.2, -0.15) is 5.10 Å². The Hall–Kier alpha value is -0.940. The highest BCUT2D eigenvalue weighted by Gasteiger charge is 2.20. The van der Waals surface area contributed by atoms with Gasteiger partial charge in [-0.15, -0.1) is 11.6 Å². The van der Waals surface area contributed by atoms with Crippen molar-refractivity contribution < 1.29 is 0 Å². The standard InChI is InChI=1S/C11H15ClN2/c1-11(2,3)10-9(6-5-7-12)8-14(4)13-10/h8H,7H2,1-4H3. The first kappa shape index (κ1) is 11.1. The fourth-order valence-electron chi connectivity index (χ4n) is 1.26. The third kappa shape index (κ3) is 2.52. The number of halogens is 1. The molecule has 1 aromatic rings. The number of rotatable bonds is 0. The molecule has 14 heavy (non-hydrogen) atoms. The largest absolute Gasteiger partial charge is 0.274 e. The zero-order valence-corrected chi connectivity index (χ0v) is 9.81. The Morgan fingerprint density at radius 2 is 2.14 bits per heavy atom. The van der Waals surface area contributed by atoms with Crippen LogP contribution in [0.2, 0.25) is 0 Å². The Morgan fingerprint density at radius 3 is 2.64 bits per heavy atom. The quantitative estimate of drug-likeness (QED) is 0.475. The van der Waals surface area contributed by atoms with E-state index in [4.69, 9.17) is 11.6 Å². The molecule has 1 rings (SSSR count). The van der Waals surface area contributed by atoms with Crippen LogP contribution >= 0.6 is 11.6 Å². The van der Waals surface area contributed by atoms with Crippen molar-refractivity contribution in [2.24, 2.45) is 7.05 Å². The summed E-state index contributed by atoms with van der Waals surface area (Å²) in [5, 5.41) is 4.41. The van der Waals surface area contributed by atoms with Gasteiger partial charge in [0.05, 0.1) is 17.1 Å². The van der Waals surface area contributed by atoms with E-state index in [9.17, 15) is 0 Å². The number of hydrogen-bond acceptors (Lipinski definition) is 1.